The zero-order valence-electron chi connectivity index (χ0n) is 14.6. The van der Waals surface area contributed by atoms with E-state index in [0.29, 0.717) is 17.1 Å². The second-order valence-corrected chi connectivity index (χ2v) is 7.06. The first-order chi connectivity index (χ1) is 13.2. The van der Waals surface area contributed by atoms with Gasteiger partial charge in [0.05, 0.1) is 11.1 Å². The number of hydrogen-bond acceptors (Lipinski definition) is 5. The van der Waals surface area contributed by atoms with E-state index in [1.54, 1.807) is 6.07 Å². The van der Waals surface area contributed by atoms with E-state index in [9.17, 15) is 13.6 Å². The third-order valence-electron chi connectivity index (χ3n) is 4.15. The van der Waals surface area contributed by atoms with Crippen molar-refractivity contribution in [3.63, 3.8) is 0 Å². The Bertz CT molecular complexity index is 884. The maximum absolute atomic E-state index is 12.6. The van der Waals surface area contributed by atoms with Crippen molar-refractivity contribution < 1.29 is 18.3 Å². The van der Waals surface area contributed by atoms with Gasteiger partial charge >= 0.3 is 5.57 Å². The maximum atomic E-state index is 12.6. The van der Waals surface area contributed by atoms with Gasteiger partial charge in [-0.3, -0.25) is 4.79 Å². The molecule has 148 valence electrons. The van der Waals surface area contributed by atoms with Gasteiger partial charge in [-0.05, 0) is 43.2 Å². The predicted octanol–water partition coefficient (Wildman–Crippen LogP) is 3.74. The van der Waals surface area contributed by atoms with Gasteiger partial charge in [-0.15, -0.1) is 8.78 Å². The molecule has 0 unspecified atom stereocenters. The van der Waals surface area contributed by atoms with E-state index in [1.165, 1.54) is 30.5 Å². The van der Waals surface area contributed by atoms with Crippen LogP contribution in [0, 0.1) is 0 Å². The second kappa shape index (κ2) is 8.24. The number of amides is 1. The summed E-state index contributed by atoms with van der Waals surface area (Å²) in [5.41, 5.74) is 3.22. The molecule has 28 heavy (non-hydrogen) atoms. The Kier molecular flexibility index (Phi) is 5.95. The smallest absolute Gasteiger partial charge is 0.420 e. The number of ether oxygens (including phenoxy) is 1. The molecule has 10 heteroatoms. The molecule has 3 N–H and O–H groups in total. The van der Waals surface area contributed by atoms with Gasteiger partial charge in [-0.1, -0.05) is 12.2 Å². The van der Waals surface area contributed by atoms with E-state index in [4.69, 9.17) is 29.6 Å². The number of carbonyl (C=O) groups is 1. The molecule has 1 fully saturated rings. The van der Waals surface area contributed by atoms with E-state index in [1.807, 2.05) is 0 Å². The van der Waals surface area contributed by atoms with Gasteiger partial charge in [0.2, 0.25) is 0 Å². The topological polar surface area (TPSA) is 80.5 Å². The van der Waals surface area contributed by atoms with E-state index in [0.717, 1.165) is 25.9 Å². The molecule has 3 rings (SSSR count). The molecule has 0 saturated carbocycles. The van der Waals surface area contributed by atoms with Crippen molar-refractivity contribution in [3.05, 3.63) is 47.7 Å². The maximum Gasteiger partial charge on any atom is 0.487 e. The van der Waals surface area contributed by atoms with Crippen molar-refractivity contribution in [2.24, 2.45) is 5.73 Å². The van der Waals surface area contributed by atoms with E-state index < -0.39 is 11.5 Å². The Balaban J connectivity index is 1.75. The van der Waals surface area contributed by atoms with Crippen LogP contribution in [0.1, 0.15) is 28.8 Å². The normalized spacial score (nSPS) is 14.0. The first kappa shape index (κ1) is 20.2. The average molecular weight is 427 g/mol. The van der Waals surface area contributed by atoms with Crippen LogP contribution in [0.15, 0.2) is 36.5 Å². The molecule has 2 aromatic rings. The molecular weight excluding hydrogens is 410 g/mol. The zero-order valence-corrected chi connectivity index (χ0v) is 16.2. The Morgan fingerprint density at radius 3 is 2.50 bits per heavy atom. The van der Waals surface area contributed by atoms with Crippen LogP contribution in [0.4, 0.5) is 20.3 Å². The summed E-state index contributed by atoms with van der Waals surface area (Å²) in [5.74, 6) is 0.102. The first-order valence-electron chi connectivity index (χ1n) is 8.45. The highest BCUT2D eigenvalue weighted by molar-refractivity contribution is 7.80. The number of halogens is 3. The molecule has 1 saturated heterocycles. The van der Waals surface area contributed by atoms with Crippen LogP contribution < -0.4 is 20.7 Å². The van der Waals surface area contributed by atoms with Crippen molar-refractivity contribution in [2.45, 2.75) is 18.4 Å². The molecule has 1 amide bonds. The molecule has 0 radical (unpaired) electrons. The van der Waals surface area contributed by atoms with Gasteiger partial charge in [0, 0.05) is 36.6 Å². The molecular formula is C18H17ClF2N4O2S. The number of aromatic nitrogens is 1. The standard InChI is InChI=1S/C18H17ClF2N4O2S/c19-18(20,21)27-13-5-3-12(4-6-13)24-17(26)11-9-14(15(22)28)16(23-10-11)25-7-1-2-8-25/h3-6,9-10H,1-2,7-8H2,(H2,22,28)(H,24,26). The molecule has 0 atom stereocenters. The highest BCUT2D eigenvalue weighted by Crippen LogP contribution is 2.27. The van der Waals surface area contributed by atoms with Gasteiger partial charge in [0.1, 0.15) is 16.6 Å². The van der Waals surface area contributed by atoms with Gasteiger partial charge in [-0.2, -0.15) is 0 Å². The van der Waals surface area contributed by atoms with Gasteiger partial charge in [-0.25, -0.2) is 4.98 Å². The van der Waals surface area contributed by atoms with Crippen LogP contribution in [0.25, 0.3) is 0 Å². The number of hydrogen-bond donors (Lipinski definition) is 2. The number of thiocarbonyl (C=S) groups is 1. The minimum Gasteiger partial charge on any atom is -0.420 e. The van der Waals surface area contributed by atoms with E-state index in [2.05, 4.69) is 19.9 Å². The number of pyridine rings is 1. The summed E-state index contributed by atoms with van der Waals surface area (Å²) in [7, 11) is 0. The van der Waals surface area contributed by atoms with Gasteiger partial charge in [0.15, 0.2) is 0 Å². The lowest BCUT2D eigenvalue weighted by Gasteiger charge is -2.20. The number of carbonyl (C=O) groups excluding carboxylic acids is 1. The summed E-state index contributed by atoms with van der Waals surface area (Å²) in [6.07, 6.45) is 3.59. The Hall–Kier alpha value is -2.52. The Morgan fingerprint density at radius 1 is 1.29 bits per heavy atom. The second-order valence-electron chi connectivity index (χ2n) is 6.18. The number of benzene rings is 1. The van der Waals surface area contributed by atoms with Crippen LogP contribution in [-0.4, -0.2) is 34.5 Å². The molecule has 1 aliphatic rings. The monoisotopic (exact) mass is 426 g/mol. The van der Waals surface area contributed by atoms with Crippen LogP contribution >= 0.6 is 23.8 Å². The molecule has 1 aromatic heterocycles. The lowest BCUT2D eigenvalue weighted by molar-refractivity contribution is -0.0964. The van der Waals surface area contributed by atoms with Crippen LogP contribution in [0.2, 0.25) is 0 Å². The summed E-state index contributed by atoms with van der Waals surface area (Å²) in [6, 6.07) is 6.96. The zero-order chi connectivity index (χ0) is 20.3. The molecule has 0 aliphatic carbocycles. The quantitative estimate of drug-likeness (QED) is 0.541. The minimum absolute atomic E-state index is 0.134. The fourth-order valence-corrected chi connectivity index (χ4v) is 3.13. The highest BCUT2D eigenvalue weighted by Gasteiger charge is 2.27. The summed E-state index contributed by atoms with van der Waals surface area (Å²) in [5, 5.41) is 2.65. The first-order valence-corrected chi connectivity index (χ1v) is 9.23. The predicted molar refractivity (Wildman–Crippen MR) is 107 cm³/mol. The summed E-state index contributed by atoms with van der Waals surface area (Å²) >= 11 is 9.83. The largest absolute Gasteiger partial charge is 0.487 e. The third kappa shape index (κ3) is 5.05. The van der Waals surface area contributed by atoms with Crippen molar-refractivity contribution in [1.29, 1.82) is 0 Å². The lowest BCUT2D eigenvalue weighted by Crippen LogP contribution is -2.25. The molecule has 1 aromatic carbocycles. The summed E-state index contributed by atoms with van der Waals surface area (Å²) in [6.45, 7) is 1.73. The van der Waals surface area contributed by atoms with E-state index in [-0.39, 0.29) is 16.3 Å². The Morgan fingerprint density at radius 2 is 1.93 bits per heavy atom. The third-order valence-corrected chi connectivity index (χ3v) is 4.44. The average Bonchev–Trinajstić information content (AvgIpc) is 3.16. The number of nitrogens with two attached hydrogens (primary N) is 1. The fourth-order valence-electron chi connectivity index (χ4n) is 2.89. The van der Waals surface area contributed by atoms with Crippen LogP contribution in [0.3, 0.4) is 0 Å². The van der Waals surface area contributed by atoms with Gasteiger partial charge < -0.3 is 20.7 Å². The van der Waals surface area contributed by atoms with Crippen molar-refractivity contribution in [2.75, 3.05) is 23.3 Å². The molecule has 2 heterocycles. The van der Waals surface area contributed by atoms with Gasteiger partial charge in [0.25, 0.3) is 5.91 Å². The highest BCUT2D eigenvalue weighted by atomic mass is 35.5. The number of nitrogens with one attached hydrogen (secondary N) is 1. The molecule has 0 bridgehead atoms. The fraction of sp³-hybridized carbons (Fsp3) is 0.278. The van der Waals surface area contributed by atoms with Crippen LogP contribution in [-0.2, 0) is 0 Å². The van der Waals surface area contributed by atoms with Crippen LogP contribution in [0.5, 0.6) is 5.75 Å². The number of nitrogens with zero attached hydrogens (tertiary/aromatic N) is 2. The van der Waals surface area contributed by atoms with Crippen molar-refractivity contribution in [3.8, 4) is 5.75 Å². The van der Waals surface area contributed by atoms with Crippen molar-refractivity contribution >= 4 is 46.2 Å². The molecule has 1 aliphatic heterocycles. The molecule has 0 spiro atoms. The summed E-state index contributed by atoms with van der Waals surface area (Å²) in [4.78, 5) is 19.1. The number of rotatable bonds is 6. The number of anilines is 2. The summed E-state index contributed by atoms with van der Waals surface area (Å²) < 4.78 is 29.5. The lowest BCUT2D eigenvalue weighted by atomic mass is 10.1. The number of alkyl halides is 3. The Labute approximate surface area is 170 Å². The van der Waals surface area contributed by atoms with Crippen molar-refractivity contribution in [1.82, 2.24) is 4.98 Å². The van der Waals surface area contributed by atoms with E-state index >= 15 is 0 Å². The minimum atomic E-state index is -3.80. The molecule has 6 nitrogen and oxygen atoms in total. The SMILES string of the molecule is NC(=S)c1cc(C(=O)Nc2ccc(OC(F)(F)Cl)cc2)cnc1N1CCCC1.